The van der Waals surface area contributed by atoms with Gasteiger partial charge in [0.25, 0.3) is 5.91 Å². The zero-order valence-electron chi connectivity index (χ0n) is 15.1. The van der Waals surface area contributed by atoms with Crippen molar-refractivity contribution in [2.45, 2.75) is 26.9 Å². The van der Waals surface area contributed by atoms with E-state index in [2.05, 4.69) is 15.4 Å². The fourth-order valence-electron chi connectivity index (χ4n) is 3.10. The summed E-state index contributed by atoms with van der Waals surface area (Å²) in [4.78, 5) is 17.2. The van der Waals surface area contributed by atoms with E-state index in [9.17, 15) is 4.79 Å². The van der Waals surface area contributed by atoms with Crippen molar-refractivity contribution in [3.63, 3.8) is 0 Å². The number of nitrogens with one attached hydrogen (secondary N) is 1. The molecule has 0 spiro atoms. The zero-order chi connectivity index (χ0) is 19.0. The summed E-state index contributed by atoms with van der Waals surface area (Å²) >= 11 is 6.25. The van der Waals surface area contributed by atoms with Crippen molar-refractivity contribution in [3.8, 4) is 11.5 Å². The van der Waals surface area contributed by atoms with Gasteiger partial charge in [0, 0.05) is 18.5 Å². The largest absolute Gasteiger partial charge is 0.486 e. The van der Waals surface area contributed by atoms with Crippen LogP contribution >= 0.6 is 11.6 Å². The van der Waals surface area contributed by atoms with Crippen LogP contribution in [0, 0.1) is 6.92 Å². The van der Waals surface area contributed by atoms with Gasteiger partial charge in [-0.3, -0.25) is 4.79 Å². The Hall–Kier alpha value is -2.80. The van der Waals surface area contributed by atoms with Gasteiger partial charge in [-0.1, -0.05) is 11.6 Å². The van der Waals surface area contributed by atoms with Crippen molar-refractivity contribution < 1.29 is 14.3 Å². The van der Waals surface area contributed by atoms with Crippen molar-refractivity contribution in [1.82, 2.24) is 20.1 Å². The first-order chi connectivity index (χ1) is 13.1. The van der Waals surface area contributed by atoms with Crippen molar-refractivity contribution >= 4 is 28.5 Å². The lowest BCUT2D eigenvalue weighted by molar-refractivity contribution is 0.0950. The second-order valence-electron chi connectivity index (χ2n) is 6.28. The molecule has 3 aromatic rings. The van der Waals surface area contributed by atoms with Crippen LogP contribution in [0.2, 0.25) is 5.02 Å². The standard InChI is InChI=1S/C19H19ClN4O3/c1-3-24-18-13(10-22-24)8-14(11(2)23-18)19(25)21-9-12-6-15(20)17-16(7-12)26-4-5-27-17/h6-8,10H,3-5,9H2,1-2H3,(H,21,25). The van der Waals surface area contributed by atoms with E-state index in [-0.39, 0.29) is 5.91 Å². The lowest BCUT2D eigenvalue weighted by atomic mass is 10.1. The first-order valence-electron chi connectivity index (χ1n) is 8.76. The molecule has 1 aromatic carbocycles. The molecule has 0 fully saturated rings. The Labute approximate surface area is 161 Å². The topological polar surface area (TPSA) is 78.3 Å². The van der Waals surface area contributed by atoms with E-state index in [0.29, 0.717) is 47.5 Å². The Balaban J connectivity index is 1.54. The summed E-state index contributed by atoms with van der Waals surface area (Å²) in [6.07, 6.45) is 1.72. The van der Waals surface area contributed by atoms with E-state index >= 15 is 0 Å². The van der Waals surface area contributed by atoms with E-state index in [1.54, 1.807) is 16.9 Å². The fraction of sp³-hybridized carbons (Fsp3) is 0.316. The number of pyridine rings is 1. The summed E-state index contributed by atoms with van der Waals surface area (Å²) in [5, 5.41) is 8.51. The molecule has 3 heterocycles. The van der Waals surface area contributed by atoms with Crippen LogP contribution in [0.4, 0.5) is 0 Å². The molecule has 1 amide bonds. The first kappa shape index (κ1) is 17.6. The molecule has 0 bridgehead atoms. The zero-order valence-corrected chi connectivity index (χ0v) is 15.8. The second-order valence-corrected chi connectivity index (χ2v) is 6.69. The number of amides is 1. The molecule has 1 aliphatic rings. The number of hydrogen-bond acceptors (Lipinski definition) is 5. The maximum absolute atomic E-state index is 12.7. The Morgan fingerprint density at radius 2 is 2.11 bits per heavy atom. The number of halogens is 1. The quantitative estimate of drug-likeness (QED) is 0.745. The molecule has 8 heteroatoms. The molecule has 2 aromatic heterocycles. The van der Waals surface area contributed by atoms with Gasteiger partial charge in [0.2, 0.25) is 0 Å². The molecule has 27 heavy (non-hydrogen) atoms. The number of carbonyl (C=O) groups is 1. The number of rotatable bonds is 4. The smallest absolute Gasteiger partial charge is 0.253 e. The van der Waals surface area contributed by atoms with Gasteiger partial charge in [-0.25, -0.2) is 9.67 Å². The SMILES string of the molecule is CCn1ncc2cc(C(=O)NCc3cc(Cl)c4c(c3)OCCO4)c(C)nc21. The van der Waals surface area contributed by atoms with E-state index in [1.165, 1.54) is 0 Å². The Kier molecular flexibility index (Phi) is 4.61. The third-order valence-electron chi connectivity index (χ3n) is 4.46. The molecule has 4 rings (SSSR count). The van der Waals surface area contributed by atoms with Gasteiger partial charge in [-0.15, -0.1) is 0 Å². The van der Waals surface area contributed by atoms with Crippen LogP contribution in [0.15, 0.2) is 24.4 Å². The molecule has 0 radical (unpaired) electrons. The summed E-state index contributed by atoms with van der Waals surface area (Å²) in [5.41, 5.74) is 2.81. The summed E-state index contributed by atoms with van der Waals surface area (Å²) in [6, 6.07) is 5.43. The highest BCUT2D eigenvalue weighted by atomic mass is 35.5. The lowest BCUT2D eigenvalue weighted by Gasteiger charge is -2.20. The van der Waals surface area contributed by atoms with E-state index in [1.807, 2.05) is 26.0 Å². The van der Waals surface area contributed by atoms with Crippen LogP contribution in [0.25, 0.3) is 11.0 Å². The first-order valence-corrected chi connectivity index (χ1v) is 9.14. The average Bonchev–Trinajstić information content (AvgIpc) is 3.07. The van der Waals surface area contributed by atoms with Gasteiger partial charge >= 0.3 is 0 Å². The van der Waals surface area contributed by atoms with Gasteiger partial charge in [-0.2, -0.15) is 5.10 Å². The maximum Gasteiger partial charge on any atom is 0.253 e. The number of carbonyl (C=O) groups excluding carboxylic acids is 1. The van der Waals surface area contributed by atoms with Crippen molar-refractivity contribution in [2.75, 3.05) is 13.2 Å². The van der Waals surface area contributed by atoms with Crippen molar-refractivity contribution in [3.05, 3.63) is 46.2 Å². The molecular weight excluding hydrogens is 368 g/mol. The molecule has 0 saturated heterocycles. The summed E-state index contributed by atoms with van der Waals surface area (Å²) in [7, 11) is 0. The van der Waals surface area contributed by atoms with Crippen LogP contribution < -0.4 is 14.8 Å². The summed E-state index contributed by atoms with van der Waals surface area (Å²) in [5.74, 6) is 0.956. The van der Waals surface area contributed by atoms with Crippen LogP contribution in [-0.4, -0.2) is 33.9 Å². The van der Waals surface area contributed by atoms with Crippen LogP contribution in [0.5, 0.6) is 11.5 Å². The number of ether oxygens (including phenoxy) is 2. The van der Waals surface area contributed by atoms with E-state index in [0.717, 1.165) is 23.1 Å². The number of fused-ring (bicyclic) bond motifs is 2. The molecule has 0 atom stereocenters. The minimum absolute atomic E-state index is 0.197. The second kappa shape index (κ2) is 7.08. The molecule has 1 aliphatic heterocycles. The molecule has 140 valence electrons. The highest BCUT2D eigenvalue weighted by Crippen LogP contribution is 2.38. The number of aromatic nitrogens is 3. The highest BCUT2D eigenvalue weighted by molar-refractivity contribution is 6.32. The minimum Gasteiger partial charge on any atom is -0.486 e. The van der Waals surface area contributed by atoms with Gasteiger partial charge in [0.15, 0.2) is 17.1 Å². The van der Waals surface area contributed by atoms with E-state index in [4.69, 9.17) is 21.1 Å². The predicted molar refractivity (Wildman–Crippen MR) is 102 cm³/mol. The maximum atomic E-state index is 12.7. The third kappa shape index (κ3) is 3.30. The van der Waals surface area contributed by atoms with Crippen molar-refractivity contribution in [1.29, 1.82) is 0 Å². The molecule has 1 N–H and O–H groups in total. The minimum atomic E-state index is -0.197. The fourth-order valence-corrected chi connectivity index (χ4v) is 3.39. The third-order valence-corrected chi connectivity index (χ3v) is 4.74. The Morgan fingerprint density at radius 1 is 1.30 bits per heavy atom. The van der Waals surface area contributed by atoms with Crippen molar-refractivity contribution in [2.24, 2.45) is 0 Å². The number of benzene rings is 1. The molecule has 0 unspecified atom stereocenters. The average molecular weight is 387 g/mol. The van der Waals surface area contributed by atoms with Gasteiger partial charge in [0.1, 0.15) is 13.2 Å². The summed E-state index contributed by atoms with van der Waals surface area (Å²) in [6.45, 7) is 5.83. The Bertz CT molecular complexity index is 1030. The predicted octanol–water partition coefficient (Wildman–Crippen LogP) is 3.11. The number of nitrogens with zero attached hydrogens (tertiary/aromatic N) is 3. The van der Waals surface area contributed by atoms with Gasteiger partial charge in [-0.05, 0) is 37.6 Å². The van der Waals surface area contributed by atoms with Crippen LogP contribution in [0.1, 0.15) is 28.5 Å². The molecule has 0 saturated carbocycles. The lowest BCUT2D eigenvalue weighted by Crippen LogP contribution is -2.24. The number of aryl methyl sites for hydroxylation is 2. The highest BCUT2D eigenvalue weighted by Gasteiger charge is 2.18. The Morgan fingerprint density at radius 3 is 2.93 bits per heavy atom. The number of hydrogen-bond donors (Lipinski definition) is 1. The van der Waals surface area contributed by atoms with Crippen LogP contribution in [0.3, 0.4) is 0 Å². The molecule has 7 nitrogen and oxygen atoms in total. The van der Waals surface area contributed by atoms with E-state index < -0.39 is 0 Å². The molecular formula is C19H19ClN4O3. The van der Waals surface area contributed by atoms with Crippen LogP contribution in [-0.2, 0) is 13.1 Å². The summed E-state index contributed by atoms with van der Waals surface area (Å²) < 4.78 is 12.9. The molecule has 0 aliphatic carbocycles. The van der Waals surface area contributed by atoms with Gasteiger partial charge < -0.3 is 14.8 Å². The van der Waals surface area contributed by atoms with Gasteiger partial charge in [0.05, 0.1) is 22.5 Å². The normalized spacial score (nSPS) is 13.0. The monoisotopic (exact) mass is 386 g/mol.